The second-order valence-corrected chi connectivity index (χ2v) is 4.33. The number of hydrogen-bond acceptors (Lipinski definition) is 2. The van der Waals surface area contributed by atoms with Gasteiger partial charge in [-0.1, -0.05) is 25.4 Å². The topological polar surface area (TPSA) is 45.8 Å². The SMILES string of the molecule is CC(C)c1nc2c(F)cc(Cl)cc2c(=O)[nH]1. The number of aromatic nitrogens is 2. The lowest BCUT2D eigenvalue weighted by molar-refractivity contribution is 0.634. The van der Waals surface area contributed by atoms with Crippen LogP contribution in [0.5, 0.6) is 0 Å². The molecule has 1 aromatic carbocycles. The third-order valence-corrected chi connectivity index (χ3v) is 2.51. The second-order valence-electron chi connectivity index (χ2n) is 3.89. The van der Waals surface area contributed by atoms with Gasteiger partial charge in [0.15, 0.2) is 5.82 Å². The van der Waals surface area contributed by atoms with Crippen LogP contribution in [0.1, 0.15) is 25.6 Å². The number of H-pyrrole nitrogens is 1. The lowest BCUT2D eigenvalue weighted by atomic mass is 10.2. The normalized spacial score (nSPS) is 11.3. The predicted octanol–water partition coefficient (Wildman–Crippen LogP) is 2.84. The molecule has 2 rings (SSSR count). The summed E-state index contributed by atoms with van der Waals surface area (Å²) < 4.78 is 13.6. The summed E-state index contributed by atoms with van der Waals surface area (Å²) in [6, 6.07) is 2.57. The van der Waals surface area contributed by atoms with Gasteiger partial charge in [0, 0.05) is 10.9 Å². The first-order valence-corrected chi connectivity index (χ1v) is 5.26. The molecule has 0 unspecified atom stereocenters. The highest BCUT2D eigenvalue weighted by atomic mass is 35.5. The molecule has 16 heavy (non-hydrogen) atoms. The first-order valence-electron chi connectivity index (χ1n) is 4.88. The van der Waals surface area contributed by atoms with E-state index in [1.165, 1.54) is 6.07 Å². The average molecular weight is 241 g/mol. The number of fused-ring (bicyclic) bond motifs is 1. The minimum absolute atomic E-state index is 0.0344. The Balaban J connectivity index is 2.87. The quantitative estimate of drug-likeness (QED) is 0.833. The second kappa shape index (κ2) is 3.87. The number of nitrogens with zero attached hydrogens (tertiary/aromatic N) is 1. The predicted molar refractivity (Wildman–Crippen MR) is 61.4 cm³/mol. The number of hydrogen-bond donors (Lipinski definition) is 1. The van der Waals surface area contributed by atoms with Gasteiger partial charge >= 0.3 is 0 Å². The van der Waals surface area contributed by atoms with Gasteiger partial charge in [-0.25, -0.2) is 9.37 Å². The summed E-state index contributed by atoms with van der Waals surface area (Å²) in [7, 11) is 0. The fraction of sp³-hybridized carbons (Fsp3) is 0.273. The molecule has 84 valence electrons. The Morgan fingerprint density at radius 3 is 2.75 bits per heavy atom. The smallest absolute Gasteiger partial charge is 0.258 e. The van der Waals surface area contributed by atoms with E-state index in [2.05, 4.69) is 9.97 Å². The highest BCUT2D eigenvalue weighted by molar-refractivity contribution is 6.31. The van der Waals surface area contributed by atoms with Crippen LogP contribution >= 0.6 is 11.6 Å². The Bertz CT molecular complexity index is 607. The zero-order chi connectivity index (χ0) is 11.9. The van der Waals surface area contributed by atoms with Gasteiger partial charge in [0.05, 0.1) is 5.39 Å². The molecule has 0 radical (unpaired) electrons. The maximum Gasteiger partial charge on any atom is 0.258 e. The minimum Gasteiger partial charge on any atom is -0.310 e. The van der Waals surface area contributed by atoms with Crippen LogP contribution in [-0.2, 0) is 0 Å². The zero-order valence-corrected chi connectivity index (χ0v) is 9.60. The largest absolute Gasteiger partial charge is 0.310 e. The van der Waals surface area contributed by atoms with Gasteiger partial charge in [0.2, 0.25) is 0 Å². The Hall–Kier alpha value is -1.42. The van der Waals surface area contributed by atoms with Gasteiger partial charge in [-0.3, -0.25) is 4.79 Å². The molecule has 5 heteroatoms. The van der Waals surface area contributed by atoms with Crippen LogP contribution in [0.3, 0.4) is 0 Å². The number of rotatable bonds is 1. The molecule has 0 bridgehead atoms. The van der Waals surface area contributed by atoms with E-state index < -0.39 is 5.82 Å². The van der Waals surface area contributed by atoms with Gasteiger partial charge in [-0.2, -0.15) is 0 Å². The highest BCUT2D eigenvalue weighted by Gasteiger charge is 2.11. The van der Waals surface area contributed by atoms with Crippen molar-refractivity contribution in [3.05, 3.63) is 39.2 Å². The van der Waals surface area contributed by atoms with Crippen LogP contribution in [0, 0.1) is 5.82 Å². The van der Waals surface area contributed by atoms with Gasteiger partial charge < -0.3 is 4.98 Å². The van der Waals surface area contributed by atoms with Crippen molar-refractivity contribution in [3.63, 3.8) is 0 Å². The maximum atomic E-state index is 13.6. The zero-order valence-electron chi connectivity index (χ0n) is 8.84. The van der Waals surface area contributed by atoms with Crippen molar-refractivity contribution in [1.82, 2.24) is 9.97 Å². The van der Waals surface area contributed by atoms with Crippen molar-refractivity contribution in [3.8, 4) is 0 Å². The molecular weight excluding hydrogens is 231 g/mol. The van der Waals surface area contributed by atoms with E-state index in [-0.39, 0.29) is 27.4 Å². The Kier molecular flexibility index (Phi) is 2.68. The Morgan fingerprint density at radius 2 is 2.12 bits per heavy atom. The van der Waals surface area contributed by atoms with Gasteiger partial charge in [-0.15, -0.1) is 0 Å². The van der Waals surface area contributed by atoms with E-state index in [9.17, 15) is 9.18 Å². The van der Waals surface area contributed by atoms with E-state index in [4.69, 9.17) is 11.6 Å². The van der Waals surface area contributed by atoms with Crippen molar-refractivity contribution >= 4 is 22.5 Å². The molecule has 0 saturated carbocycles. The van der Waals surface area contributed by atoms with Crippen LogP contribution in [0.2, 0.25) is 5.02 Å². The van der Waals surface area contributed by atoms with Crippen LogP contribution in [0.15, 0.2) is 16.9 Å². The molecule has 0 aliphatic rings. The molecular formula is C11H10ClFN2O. The van der Waals surface area contributed by atoms with E-state index in [0.29, 0.717) is 5.82 Å². The van der Waals surface area contributed by atoms with Crippen molar-refractivity contribution in [2.24, 2.45) is 0 Å². The minimum atomic E-state index is -0.574. The van der Waals surface area contributed by atoms with Gasteiger partial charge in [-0.05, 0) is 12.1 Å². The van der Waals surface area contributed by atoms with Crippen molar-refractivity contribution in [2.45, 2.75) is 19.8 Å². The molecule has 0 saturated heterocycles. The summed E-state index contributed by atoms with van der Waals surface area (Å²) in [6.45, 7) is 3.75. The molecule has 0 spiro atoms. The molecule has 0 fully saturated rings. The molecule has 2 aromatic rings. The van der Waals surface area contributed by atoms with E-state index in [1.807, 2.05) is 13.8 Å². The number of nitrogens with one attached hydrogen (secondary N) is 1. The lowest BCUT2D eigenvalue weighted by Gasteiger charge is -2.06. The Labute approximate surface area is 96.3 Å². The van der Waals surface area contributed by atoms with Crippen LogP contribution < -0.4 is 5.56 Å². The lowest BCUT2D eigenvalue weighted by Crippen LogP contribution is -2.13. The van der Waals surface area contributed by atoms with Crippen LogP contribution in [0.4, 0.5) is 4.39 Å². The molecule has 0 aliphatic carbocycles. The average Bonchev–Trinajstić information content (AvgIpc) is 2.19. The summed E-state index contributed by atoms with van der Waals surface area (Å²) in [5, 5.41) is 0.365. The van der Waals surface area contributed by atoms with Crippen molar-refractivity contribution in [2.75, 3.05) is 0 Å². The molecule has 0 aliphatic heterocycles. The third-order valence-electron chi connectivity index (χ3n) is 2.29. The molecule has 1 aromatic heterocycles. The Morgan fingerprint density at radius 1 is 1.44 bits per heavy atom. The van der Waals surface area contributed by atoms with Gasteiger partial charge in [0.25, 0.3) is 5.56 Å². The monoisotopic (exact) mass is 240 g/mol. The van der Waals surface area contributed by atoms with E-state index in [1.54, 1.807) is 0 Å². The van der Waals surface area contributed by atoms with Crippen molar-refractivity contribution in [1.29, 1.82) is 0 Å². The maximum absolute atomic E-state index is 13.6. The summed E-state index contributed by atoms with van der Waals surface area (Å²) >= 11 is 5.68. The number of benzene rings is 1. The molecule has 0 amide bonds. The van der Waals surface area contributed by atoms with Crippen molar-refractivity contribution < 1.29 is 4.39 Å². The summed E-state index contributed by atoms with van der Waals surface area (Å²) in [4.78, 5) is 18.4. The first kappa shape index (κ1) is 11.1. The summed E-state index contributed by atoms with van der Waals surface area (Å²) in [5.41, 5.74) is -0.299. The summed E-state index contributed by atoms with van der Waals surface area (Å²) in [6.07, 6.45) is 0. The fourth-order valence-electron chi connectivity index (χ4n) is 1.46. The number of aromatic amines is 1. The molecule has 1 N–H and O–H groups in total. The summed E-state index contributed by atoms with van der Waals surface area (Å²) in [5.74, 6) is -0.0681. The van der Waals surface area contributed by atoms with Crippen LogP contribution in [0.25, 0.3) is 10.9 Å². The molecule has 3 nitrogen and oxygen atoms in total. The van der Waals surface area contributed by atoms with Gasteiger partial charge in [0.1, 0.15) is 11.3 Å². The molecule has 1 heterocycles. The third kappa shape index (κ3) is 1.80. The number of halogens is 2. The standard InChI is InChI=1S/C11H10ClFN2O/c1-5(2)10-14-9-7(11(16)15-10)3-6(12)4-8(9)13/h3-5H,1-2H3,(H,14,15,16). The molecule has 0 atom stereocenters. The van der Waals surface area contributed by atoms with E-state index >= 15 is 0 Å². The van der Waals surface area contributed by atoms with Crippen LogP contribution in [-0.4, -0.2) is 9.97 Å². The first-order chi connectivity index (χ1) is 7.49. The van der Waals surface area contributed by atoms with E-state index in [0.717, 1.165) is 6.07 Å². The fourth-order valence-corrected chi connectivity index (χ4v) is 1.66. The highest BCUT2D eigenvalue weighted by Crippen LogP contribution is 2.20.